The van der Waals surface area contributed by atoms with E-state index in [1.165, 1.54) is 34.3 Å². The quantitative estimate of drug-likeness (QED) is 0.760. The van der Waals surface area contributed by atoms with Crippen LogP contribution >= 0.6 is 11.6 Å². The summed E-state index contributed by atoms with van der Waals surface area (Å²) in [6.45, 7) is 0. The fourth-order valence-electron chi connectivity index (χ4n) is 3.73. The summed E-state index contributed by atoms with van der Waals surface area (Å²) < 4.78 is 30.4. The highest BCUT2D eigenvalue weighted by molar-refractivity contribution is 7.89. The van der Waals surface area contributed by atoms with Gasteiger partial charge in [0.1, 0.15) is 0 Å². The molecule has 1 unspecified atom stereocenters. The predicted octanol–water partition coefficient (Wildman–Crippen LogP) is 3.67. The van der Waals surface area contributed by atoms with Crippen LogP contribution in [-0.2, 0) is 29.9 Å². The Labute approximate surface area is 152 Å². The molecule has 3 aromatic rings. The van der Waals surface area contributed by atoms with Crippen LogP contribution in [0, 0.1) is 0 Å². The maximum absolute atomic E-state index is 12.6. The zero-order chi connectivity index (χ0) is 17.6. The molecule has 0 radical (unpaired) electrons. The fraction of sp³-hybridized carbons (Fsp3) is 0.263. The number of sulfonamides is 1. The van der Waals surface area contributed by atoms with Crippen molar-refractivity contribution in [3.05, 3.63) is 64.8 Å². The Balaban J connectivity index is 1.63. The Morgan fingerprint density at radius 2 is 1.84 bits per heavy atom. The van der Waals surface area contributed by atoms with Gasteiger partial charge in [0, 0.05) is 34.7 Å². The van der Waals surface area contributed by atoms with Gasteiger partial charge >= 0.3 is 0 Å². The third-order valence-corrected chi connectivity index (χ3v) is 6.76. The number of nitrogens with one attached hydrogen (secondary N) is 1. The summed E-state index contributed by atoms with van der Waals surface area (Å²) in [5, 5.41) is 1.74. The van der Waals surface area contributed by atoms with E-state index in [0.717, 1.165) is 12.8 Å². The summed E-state index contributed by atoms with van der Waals surface area (Å²) in [4.78, 5) is 0.251. The number of para-hydroxylation sites is 1. The third kappa shape index (κ3) is 2.97. The number of rotatable bonds is 3. The smallest absolute Gasteiger partial charge is 0.240 e. The molecule has 2 aromatic carbocycles. The minimum atomic E-state index is -3.54. The molecule has 1 aromatic heterocycles. The molecule has 130 valence electrons. The van der Waals surface area contributed by atoms with Gasteiger partial charge in [-0.25, -0.2) is 13.1 Å². The molecule has 1 N–H and O–H groups in total. The lowest BCUT2D eigenvalue weighted by Crippen LogP contribution is -2.38. The normalized spacial score (nSPS) is 17.6. The van der Waals surface area contributed by atoms with Crippen LogP contribution in [0.2, 0.25) is 5.02 Å². The maximum Gasteiger partial charge on any atom is 0.240 e. The van der Waals surface area contributed by atoms with Crippen molar-refractivity contribution in [2.75, 3.05) is 0 Å². The molecule has 0 saturated heterocycles. The van der Waals surface area contributed by atoms with Crippen LogP contribution in [0.1, 0.15) is 17.7 Å². The summed E-state index contributed by atoms with van der Waals surface area (Å²) in [7, 11) is -1.46. The standard InChI is InChI=1S/C19H19ClN2O2S/c1-22-18-5-3-2-4-16(18)17-12-14(8-11-19(17)22)21-25(23,24)15-9-6-13(20)7-10-15/h2-7,9-10,14,21H,8,11-12H2,1H3. The van der Waals surface area contributed by atoms with Gasteiger partial charge in [0.2, 0.25) is 10.0 Å². The van der Waals surface area contributed by atoms with Gasteiger partial charge in [0.05, 0.1) is 4.90 Å². The Morgan fingerprint density at radius 3 is 2.60 bits per heavy atom. The maximum atomic E-state index is 12.6. The summed E-state index contributed by atoms with van der Waals surface area (Å²) >= 11 is 5.85. The van der Waals surface area contributed by atoms with Crippen molar-refractivity contribution in [1.82, 2.24) is 9.29 Å². The average Bonchev–Trinajstić information content (AvgIpc) is 2.88. The summed E-state index contributed by atoms with van der Waals surface area (Å²) in [5.41, 5.74) is 3.77. The second-order valence-corrected chi connectivity index (χ2v) is 8.67. The van der Waals surface area contributed by atoms with E-state index < -0.39 is 10.0 Å². The Bertz CT molecular complexity index is 1040. The van der Waals surface area contributed by atoms with Crippen LogP contribution in [0.3, 0.4) is 0 Å². The van der Waals surface area contributed by atoms with Crippen LogP contribution in [0.5, 0.6) is 0 Å². The van der Waals surface area contributed by atoms with E-state index >= 15 is 0 Å². The highest BCUT2D eigenvalue weighted by Crippen LogP contribution is 2.31. The molecule has 0 fully saturated rings. The minimum absolute atomic E-state index is 0.0982. The van der Waals surface area contributed by atoms with Crippen LogP contribution in [0.15, 0.2) is 53.4 Å². The van der Waals surface area contributed by atoms with Crippen molar-refractivity contribution in [2.24, 2.45) is 7.05 Å². The lowest BCUT2D eigenvalue weighted by molar-refractivity contribution is 0.501. The number of nitrogens with zero attached hydrogens (tertiary/aromatic N) is 1. The zero-order valence-corrected chi connectivity index (χ0v) is 15.4. The fourth-order valence-corrected chi connectivity index (χ4v) is 5.13. The van der Waals surface area contributed by atoms with E-state index in [2.05, 4.69) is 28.5 Å². The number of hydrogen-bond acceptors (Lipinski definition) is 2. The highest BCUT2D eigenvalue weighted by Gasteiger charge is 2.27. The monoisotopic (exact) mass is 374 g/mol. The molecule has 0 spiro atoms. The van der Waals surface area contributed by atoms with Gasteiger partial charge in [0.15, 0.2) is 0 Å². The molecule has 0 aliphatic heterocycles. The first kappa shape index (κ1) is 16.6. The van der Waals surface area contributed by atoms with Crippen molar-refractivity contribution in [3.63, 3.8) is 0 Å². The number of hydrogen-bond donors (Lipinski definition) is 1. The SMILES string of the molecule is Cn1c2c(c3ccccc31)CC(NS(=O)(=O)c1ccc(Cl)cc1)CC2. The van der Waals surface area contributed by atoms with Crippen molar-refractivity contribution >= 4 is 32.5 Å². The molecule has 0 amide bonds. The van der Waals surface area contributed by atoms with Crippen LogP contribution in [0.25, 0.3) is 10.9 Å². The zero-order valence-electron chi connectivity index (χ0n) is 13.9. The van der Waals surface area contributed by atoms with Crippen molar-refractivity contribution in [2.45, 2.75) is 30.2 Å². The van der Waals surface area contributed by atoms with Gasteiger partial charge in [0.25, 0.3) is 0 Å². The van der Waals surface area contributed by atoms with Crippen molar-refractivity contribution in [1.29, 1.82) is 0 Å². The van der Waals surface area contributed by atoms with Gasteiger partial charge in [-0.2, -0.15) is 0 Å². The van der Waals surface area contributed by atoms with Crippen molar-refractivity contribution in [3.8, 4) is 0 Å². The van der Waals surface area contributed by atoms with Gasteiger partial charge in [-0.1, -0.05) is 29.8 Å². The average molecular weight is 375 g/mol. The molecule has 25 heavy (non-hydrogen) atoms. The molecule has 4 nitrogen and oxygen atoms in total. The molecule has 0 saturated carbocycles. The molecule has 4 rings (SSSR count). The Hall–Kier alpha value is -1.82. The molecule has 1 heterocycles. The number of aromatic nitrogens is 1. The molecular weight excluding hydrogens is 356 g/mol. The summed E-state index contributed by atoms with van der Waals surface area (Å²) in [6, 6.07) is 14.5. The molecular formula is C19H19ClN2O2S. The van der Waals surface area contributed by atoms with E-state index in [4.69, 9.17) is 11.6 Å². The number of benzene rings is 2. The molecule has 1 aliphatic carbocycles. The molecule has 1 aliphatic rings. The first-order chi connectivity index (χ1) is 12.0. The number of fused-ring (bicyclic) bond motifs is 3. The van der Waals surface area contributed by atoms with E-state index in [-0.39, 0.29) is 10.9 Å². The second-order valence-electron chi connectivity index (χ2n) is 6.52. The minimum Gasteiger partial charge on any atom is -0.347 e. The first-order valence-corrected chi connectivity index (χ1v) is 10.1. The van der Waals surface area contributed by atoms with Gasteiger partial charge in [-0.15, -0.1) is 0 Å². The second kappa shape index (κ2) is 6.16. The van der Waals surface area contributed by atoms with E-state index in [9.17, 15) is 8.42 Å². The van der Waals surface area contributed by atoms with Gasteiger partial charge < -0.3 is 4.57 Å². The molecule has 1 atom stereocenters. The van der Waals surface area contributed by atoms with Crippen LogP contribution in [0.4, 0.5) is 0 Å². The third-order valence-electron chi connectivity index (χ3n) is 4.97. The topological polar surface area (TPSA) is 51.1 Å². The number of aryl methyl sites for hydroxylation is 1. The lowest BCUT2D eigenvalue weighted by atomic mass is 9.92. The Morgan fingerprint density at radius 1 is 1.12 bits per heavy atom. The predicted molar refractivity (Wildman–Crippen MR) is 101 cm³/mol. The van der Waals surface area contributed by atoms with Gasteiger partial charge in [-0.3, -0.25) is 0 Å². The highest BCUT2D eigenvalue weighted by atomic mass is 35.5. The number of halogens is 1. The summed E-state index contributed by atoms with van der Waals surface area (Å²) in [6.07, 6.45) is 2.38. The summed E-state index contributed by atoms with van der Waals surface area (Å²) in [5.74, 6) is 0. The van der Waals surface area contributed by atoms with Gasteiger partial charge in [-0.05, 0) is 55.2 Å². The van der Waals surface area contributed by atoms with Crippen molar-refractivity contribution < 1.29 is 8.42 Å². The Kier molecular flexibility index (Phi) is 4.10. The lowest BCUT2D eigenvalue weighted by Gasteiger charge is -2.24. The van der Waals surface area contributed by atoms with E-state index in [1.54, 1.807) is 12.1 Å². The van der Waals surface area contributed by atoms with E-state index in [0.29, 0.717) is 11.4 Å². The van der Waals surface area contributed by atoms with E-state index in [1.807, 2.05) is 12.1 Å². The largest absolute Gasteiger partial charge is 0.347 e. The van der Waals surface area contributed by atoms with Crippen LogP contribution in [-0.4, -0.2) is 19.0 Å². The first-order valence-electron chi connectivity index (χ1n) is 8.29. The molecule has 0 bridgehead atoms. The molecule has 6 heteroatoms. The van der Waals surface area contributed by atoms with Crippen LogP contribution < -0.4 is 4.72 Å².